The first-order valence-corrected chi connectivity index (χ1v) is 10.6. The molecule has 0 aliphatic heterocycles. The number of unbranched alkanes of at least 4 members (excludes halogenated alkanes) is 1. The summed E-state index contributed by atoms with van der Waals surface area (Å²) in [7, 11) is 0. The lowest BCUT2D eigenvalue weighted by molar-refractivity contribution is 0.0697. The number of carboxylic acid groups (broad SMARTS) is 1. The van der Waals surface area contributed by atoms with Crippen LogP contribution in [0.5, 0.6) is 0 Å². The van der Waals surface area contributed by atoms with Gasteiger partial charge in [0, 0.05) is 12.0 Å². The molecule has 2 heterocycles. The zero-order valence-electron chi connectivity index (χ0n) is 17.1. The lowest BCUT2D eigenvalue weighted by Crippen LogP contribution is -2.16. The van der Waals surface area contributed by atoms with Crippen molar-refractivity contribution >= 4 is 28.6 Å². The number of nitrogens with zero attached hydrogens (tertiary/aromatic N) is 4. The summed E-state index contributed by atoms with van der Waals surface area (Å²) in [6.45, 7) is 2.16. The number of aryl methyl sites for hydroxylation is 1. The lowest BCUT2D eigenvalue weighted by Gasteiger charge is -2.16. The van der Waals surface area contributed by atoms with Gasteiger partial charge < -0.3 is 19.3 Å². The molecule has 0 aliphatic carbocycles. The smallest absolute Gasteiger partial charge is 0.336 e. The summed E-state index contributed by atoms with van der Waals surface area (Å²) in [4.78, 5) is 21.1. The van der Waals surface area contributed by atoms with Gasteiger partial charge in [0.1, 0.15) is 18.3 Å². The summed E-state index contributed by atoms with van der Waals surface area (Å²) in [6.07, 6.45) is 2.67. The highest BCUT2D eigenvalue weighted by Crippen LogP contribution is 2.29. The fourth-order valence-corrected chi connectivity index (χ4v) is 4.04. The SMILES string of the molecule is CCCCc1nc(Cl)c(CO)n1Cn1c(-c2ccccc2C(=O)O)nc2ccccc21. The molecule has 2 N–H and O–H groups in total. The van der Waals surface area contributed by atoms with Crippen LogP contribution in [0.2, 0.25) is 5.15 Å². The van der Waals surface area contributed by atoms with Gasteiger partial charge in [0.2, 0.25) is 0 Å². The number of aliphatic hydroxyl groups is 1. The van der Waals surface area contributed by atoms with E-state index in [1.807, 2.05) is 33.4 Å². The van der Waals surface area contributed by atoms with E-state index in [2.05, 4.69) is 11.9 Å². The van der Waals surface area contributed by atoms with E-state index in [0.29, 0.717) is 23.8 Å². The number of aliphatic hydroxyl groups excluding tert-OH is 1. The van der Waals surface area contributed by atoms with Crippen LogP contribution in [0.4, 0.5) is 0 Å². The number of para-hydroxylation sites is 2. The second kappa shape index (κ2) is 8.91. The van der Waals surface area contributed by atoms with Crippen LogP contribution in [0.3, 0.4) is 0 Å². The van der Waals surface area contributed by atoms with Crippen molar-refractivity contribution in [3.05, 3.63) is 70.8 Å². The van der Waals surface area contributed by atoms with Gasteiger partial charge in [-0.05, 0) is 24.6 Å². The Bertz CT molecular complexity index is 1250. The zero-order valence-corrected chi connectivity index (χ0v) is 17.9. The number of fused-ring (bicyclic) bond motifs is 1. The average molecular weight is 439 g/mol. The van der Waals surface area contributed by atoms with Crippen molar-refractivity contribution in [2.24, 2.45) is 0 Å². The topological polar surface area (TPSA) is 93.2 Å². The van der Waals surface area contributed by atoms with Crippen LogP contribution in [-0.2, 0) is 19.7 Å². The maximum atomic E-state index is 11.9. The van der Waals surface area contributed by atoms with Crippen molar-refractivity contribution in [2.45, 2.75) is 39.5 Å². The Balaban J connectivity index is 1.92. The van der Waals surface area contributed by atoms with Crippen LogP contribution < -0.4 is 0 Å². The molecule has 0 aliphatic rings. The highest BCUT2D eigenvalue weighted by atomic mass is 35.5. The van der Waals surface area contributed by atoms with Crippen molar-refractivity contribution in [1.29, 1.82) is 0 Å². The fourth-order valence-electron chi connectivity index (χ4n) is 3.78. The van der Waals surface area contributed by atoms with Gasteiger partial charge in [-0.1, -0.05) is 55.3 Å². The second-order valence-electron chi connectivity index (χ2n) is 7.30. The van der Waals surface area contributed by atoms with Crippen LogP contribution in [0, 0.1) is 0 Å². The number of carbonyl (C=O) groups is 1. The van der Waals surface area contributed by atoms with Gasteiger partial charge >= 0.3 is 5.97 Å². The number of benzene rings is 2. The molecule has 0 radical (unpaired) electrons. The summed E-state index contributed by atoms with van der Waals surface area (Å²) in [5.41, 5.74) is 2.84. The number of halogens is 1. The number of imidazole rings is 2. The first-order chi connectivity index (χ1) is 15.0. The maximum absolute atomic E-state index is 11.9. The molecule has 160 valence electrons. The Morgan fingerprint density at radius 1 is 1.06 bits per heavy atom. The minimum absolute atomic E-state index is 0.177. The van der Waals surface area contributed by atoms with E-state index < -0.39 is 5.97 Å². The van der Waals surface area contributed by atoms with E-state index in [-0.39, 0.29) is 17.3 Å². The molecule has 0 spiro atoms. The molecular weight excluding hydrogens is 416 g/mol. The zero-order chi connectivity index (χ0) is 22.0. The molecule has 7 nitrogen and oxygen atoms in total. The molecule has 2 aromatic heterocycles. The Morgan fingerprint density at radius 2 is 1.81 bits per heavy atom. The molecule has 0 atom stereocenters. The molecule has 0 unspecified atom stereocenters. The molecule has 0 saturated heterocycles. The minimum atomic E-state index is -1.01. The lowest BCUT2D eigenvalue weighted by atomic mass is 10.1. The van der Waals surface area contributed by atoms with Crippen molar-refractivity contribution in [3.8, 4) is 11.4 Å². The monoisotopic (exact) mass is 438 g/mol. The van der Waals surface area contributed by atoms with E-state index in [4.69, 9.17) is 16.6 Å². The standard InChI is InChI=1S/C23H23ClN4O3/c1-2-3-12-20-26-21(24)19(13-29)27(20)14-28-18-11-7-6-10-17(18)25-22(28)15-8-4-5-9-16(15)23(30)31/h4-11,29H,2-3,12-14H2,1H3,(H,30,31). The van der Waals surface area contributed by atoms with E-state index >= 15 is 0 Å². The third-order valence-electron chi connectivity index (χ3n) is 5.34. The highest BCUT2D eigenvalue weighted by Gasteiger charge is 2.21. The van der Waals surface area contributed by atoms with E-state index in [1.54, 1.807) is 24.3 Å². The summed E-state index contributed by atoms with van der Waals surface area (Å²) in [5, 5.41) is 19.9. The predicted molar refractivity (Wildman–Crippen MR) is 119 cm³/mol. The van der Waals surface area contributed by atoms with Crippen molar-refractivity contribution in [2.75, 3.05) is 0 Å². The fraction of sp³-hybridized carbons (Fsp3) is 0.261. The van der Waals surface area contributed by atoms with Gasteiger partial charge in [0.25, 0.3) is 0 Å². The minimum Gasteiger partial charge on any atom is -0.478 e. The molecule has 2 aromatic carbocycles. The van der Waals surface area contributed by atoms with Crippen LogP contribution in [0.1, 0.15) is 41.6 Å². The Hall–Kier alpha value is -3.16. The molecule has 0 bridgehead atoms. The molecule has 4 aromatic rings. The maximum Gasteiger partial charge on any atom is 0.336 e. The number of carboxylic acids is 1. The normalized spacial score (nSPS) is 11.3. The van der Waals surface area contributed by atoms with Crippen LogP contribution >= 0.6 is 11.6 Å². The molecular formula is C23H23ClN4O3. The van der Waals surface area contributed by atoms with Gasteiger partial charge in [-0.15, -0.1) is 0 Å². The van der Waals surface area contributed by atoms with E-state index in [9.17, 15) is 15.0 Å². The summed E-state index contributed by atoms with van der Waals surface area (Å²) in [5.74, 6) is 0.306. The highest BCUT2D eigenvalue weighted by molar-refractivity contribution is 6.30. The predicted octanol–water partition coefficient (Wildman–Crippen LogP) is 4.59. The summed E-state index contributed by atoms with van der Waals surface area (Å²) in [6, 6.07) is 14.5. The third-order valence-corrected chi connectivity index (χ3v) is 5.64. The van der Waals surface area contributed by atoms with Gasteiger partial charge in [-0.2, -0.15) is 0 Å². The van der Waals surface area contributed by atoms with Crippen LogP contribution in [0.25, 0.3) is 22.4 Å². The van der Waals surface area contributed by atoms with Gasteiger partial charge in [-0.25, -0.2) is 14.8 Å². The first-order valence-electron chi connectivity index (χ1n) is 10.2. The quantitative estimate of drug-likeness (QED) is 0.419. The van der Waals surface area contributed by atoms with Gasteiger partial charge in [0.15, 0.2) is 5.15 Å². The number of aromatic nitrogens is 4. The van der Waals surface area contributed by atoms with Crippen molar-refractivity contribution in [3.63, 3.8) is 0 Å². The molecule has 0 saturated carbocycles. The molecule has 8 heteroatoms. The van der Waals surface area contributed by atoms with Crippen molar-refractivity contribution < 1.29 is 15.0 Å². The Labute approximate surface area is 184 Å². The first kappa shape index (κ1) is 21.1. The third kappa shape index (κ3) is 3.94. The summed E-state index contributed by atoms with van der Waals surface area (Å²) < 4.78 is 3.85. The number of hydrogen-bond acceptors (Lipinski definition) is 4. The number of rotatable bonds is 8. The summed E-state index contributed by atoms with van der Waals surface area (Å²) >= 11 is 6.32. The van der Waals surface area contributed by atoms with Gasteiger partial charge in [0.05, 0.1) is 28.9 Å². The van der Waals surface area contributed by atoms with Gasteiger partial charge in [-0.3, -0.25) is 0 Å². The van der Waals surface area contributed by atoms with Crippen molar-refractivity contribution in [1.82, 2.24) is 19.1 Å². The Kier molecular flexibility index (Phi) is 6.06. The van der Waals surface area contributed by atoms with Crippen LogP contribution in [0.15, 0.2) is 48.5 Å². The molecule has 0 amide bonds. The number of aromatic carboxylic acids is 1. The molecule has 0 fully saturated rings. The molecule has 4 rings (SSSR count). The second-order valence-corrected chi connectivity index (χ2v) is 7.66. The van der Waals surface area contributed by atoms with Crippen LogP contribution in [-0.4, -0.2) is 35.3 Å². The largest absolute Gasteiger partial charge is 0.478 e. The molecule has 31 heavy (non-hydrogen) atoms. The van der Waals surface area contributed by atoms with E-state index in [0.717, 1.165) is 36.1 Å². The average Bonchev–Trinajstić information content (AvgIpc) is 3.29. The number of hydrogen-bond donors (Lipinski definition) is 2. The van der Waals surface area contributed by atoms with E-state index in [1.165, 1.54) is 0 Å². The Morgan fingerprint density at radius 3 is 2.55 bits per heavy atom.